The molecule has 2 aromatic rings. The smallest absolute Gasteiger partial charge is 0.253 e. The topological polar surface area (TPSA) is 29.1 Å². The molecule has 7 heteroatoms. The molecule has 23 heavy (non-hydrogen) atoms. The van der Waals surface area contributed by atoms with Crippen molar-refractivity contribution in [3.05, 3.63) is 63.9 Å². The fourth-order valence-corrected chi connectivity index (χ4v) is 3.79. The van der Waals surface area contributed by atoms with Gasteiger partial charge in [0.1, 0.15) is 5.82 Å². The van der Waals surface area contributed by atoms with E-state index in [0.29, 0.717) is 12.0 Å². The van der Waals surface area contributed by atoms with Crippen molar-refractivity contribution >= 4 is 29.3 Å². The van der Waals surface area contributed by atoms with Crippen molar-refractivity contribution in [2.75, 3.05) is 5.75 Å². The summed E-state index contributed by atoms with van der Waals surface area (Å²) in [6.45, 7) is 0. The molecule has 1 amide bonds. The fraction of sp³-hybridized carbons (Fsp3) is 0.188. The predicted molar refractivity (Wildman–Crippen MR) is 83.3 cm³/mol. The van der Waals surface area contributed by atoms with Gasteiger partial charge in [0.25, 0.3) is 5.91 Å². The number of benzene rings is 2. The highest BCUT2D eigenvalue weighted by Gasteiger charge is 2.24. The second-order valence-corrected chi connectivity index (χ2v) is 6.64. The number of thioether (sulfide) groups is 1. The summed E-state index contributed by atoms with van der Waals surface area (Å²) in [4.78, 5) is 13.2. The van der Waals surface area contributed by atoms with E-state index in [-0.39, 0.29) is 10.6 Å². The first-order valence-electron chi connectivity index (χ1n) is 6.83. The SMILES string of the molecule is O=C(NC1CCSc2ccc(F)cc21)c1cc(F)c(F)cc1Cl. The van der Waals surface area contributed by atoms with Crippen molar-refractivity contribution in [1.82, 2.24) is 5.32 Å². The van der Waals surface area contributed by atoms with Crippen molar-refractivity contribution in [1.29, 1.82) is 0 Å². The molecular formula is C16H11ClF3NOS. The van der Waals surface area contributed by atoms with Crippen LogP contribution in [-0.2, 0) is 0 Å². The summed E-state index contributed by atoms with van der Waals surface area (Å²) < 4.78 is 39.9. The molecular weight excluding hydrogens is 347 g/mol. The van der Waals surface area contributed by atoms with E-state index < -0.39 is 29.4 Å². The van der Waals surface area contributed by atoms with E-state index in [2.05, 4.69) is 5.32 Å². The Hall–Kier alpha value is -1.66. The normalized spacial score (nSPS) is 16.8. The van der Waals surface area contributed by atoms with E-state index in [4.69, 9.17) is 11.6 Å². The number of amides is 1. The van der Waals surface area contributed by atoms with Crippen LogP contribution in [0.4, 0.5) is 13.2 Å². The molecule has 0 aliphatic carbocycles. The van der Waals surface area contributed by atoms with Gasteiger partial charge < -0.3 is 5.32 Å². The minimum Gasteiger partial charge on any atom is -0.345 e. The molecule has 3 rings (SSSR count). The average molecular weight is 358 g/mol. The molecule has 1 aliphatic heterocycles. The largest absolute Gasteiger partial charge is 0.345 e. The molecule has 0 fully saturated rings. The minimum atomic E-state index is -1.15. The van der Waals surface area contributed by atoms with Crippen molar-refractivity contribution in [2.45, 2.75) is 17.4 Å². The van der Waals surface area contributed by atoms with Crippen LogP contribution in [0.15, 0.2) is 35.2 Å². The number of carbonyl (C=O) groups is 1. The summed E-state index contributed by atoms with van der Waals surface area (Å²) in [5.41, 5.74) is 0.523. The van der Waals surface area contributed by atoms with Crippen molar-refractivity contribution in [2.24, 2.45) is 0 Å². The molecule has 0 radical (unpaired) electrons. The number of nitrogens with one attached hydrogen (secondary N) is 1. The van der Waals surface area contributed by atoms with Crippen LogP contribution in [0.1, 0.15) is 28.4 Å². The molecule has 1 heterocycles. The van der Waals surface area contributed by atoms with Gasteiger partial charge in [-0.2, -0.15) is 0 Å². The quantitative estimate of drug-likeness (QED) is 0.788. The van der Waals surface area contributed by atoms with Crippen LogP contribution < -0.4 is 5.32 Å². The van der Waals surface area contributed by atoms with Crippen LogP contribution in [0.5, 0.6) is 0 Å². The van der Waals surface area contributed by atoms with Gasteiger partial charge in [-0.1, -0.05) is 11.6 Å². The van der Waals surface area contributed by atoms with Crippen molar-refractivity contribution in [3.63, 3.8) is 0 Å². The van der Waals surface area contributed by atoms with Crippen LogP contribution in [-0.4, -0.2) is 11.7 Å². The molecule has 1 atom stereocenters. The van der Waals surface area contributed by atoms with Crippen molar-refractivity contribution < 1.29 is 18.0 Å². The van der Waals surface area contributed by atoms with Gasteiger partial charge in [0.05, 0.1) is 16.6 Å². The number of halogens is 4. The van der Waals surface area contributed by atoms with Crippen LogP contribution in [0.25, 0.3) is 0 Å². The Kier molecular flexibility index (Phi) is 4.55. The van der Waals surface area contributed by atoms with Crippen molar-refractivity contribution in [3.8, 4) is 0 Å². The van der Waals surface area contributed by atoms with Crippen LogP contribution in [0, 0.1) is 17.5 Å². The molecule has 2 aromatic carbocycles. The lowest BCUT2D eigenvalue weighted by Gasteiger charge is -2.26. The highest BCUT2D eigenvalue weighted by atomic mass is 35.5. The third-order valence-electron chi connectivity index (χ3n) is 3.57. The van der Waals surface area contributed by atoms with Gasteiger partial charge in [0.15, 0.2) is 11.6 Å². The second-order valence-electron chi connectivity index (χ2n) is 5.09. The molecule has 0 aromatic heterocycles. The van der Waals surface area contributed by atoms with Crippen LogP contribution in [0.2, 0.25) is 5.02 Å². The first-order valence-corrected chi connectivity index (χ1v) is 8.19. The summed E-state index contributed by atoms with van der Waals surface area (Å²) >= 11 is 7.39. The Morgan fingerprint density at radius 3 is 2.70 bits per heavy atom. The maximum Gasteiger partial charge on any atom is 0.253 e. The zero-order chi connectivity index (χ0) is 16.6. The number of rotatable bonds is 2. The maximum absolute atomic E-state index is 13.5. The van der Waals surface area contributed by atoms with Gasteiger partial charge in [-0.15, -0.1) is 11.8 Å². The summed E-state index contributed by atoms with van der Waals surface area (Å²) in [5.74, 6) is -2.52. The predicted octanol–water partition coefficient (Wildman–Crippen LogP) is 4.72. The van der Waals surface area contributed by atoms with E-state index in [1.165, 1.54) is 12.1 Å². The van der Waals surface area contributed by atoms with Gasteiger partial charge in [-0.05, 0) is 42.3 Å². The Labute approximate surface area is 140 Å². The summed E-state index contributed by atoms with van der Waals surface area (Å²) in [6, 6.07) is 5.52. The molecule has 0 saturated carbocycles. The average Bonchev–Trinajstić information content (AvgIpc) is 2.51. The highest BCUT2D eigenvalue weighted by molar-refractivity contribution is 7.99. The molecule has 0 spiro atoms. The van der Waals surface area contributed by atoms with Crippen LogP contribution in [0.3, 0.4) is 0 Å². The lowest BCUT2D eigenvalue weighted by Crippen LogP contribution is -2.31. The minimum absolute atomic E-state index is 0.151. The first kappa shape index (κ1) is 16.2. The molecule has 120 valence electrons. The standard InChI is InChI=1S/C16H11ClF3NOS/c17-11-7-13(20)12(19)6-9(11)16(22)21-14-3-4-23-15-2-1-8(18)5-10(14)15/h1-2,5-7,14H,3-4H2,(H,21,22). The fourth-order valence-electron chi connectivity index (χ4n) is 2.45. The monoisotopic (exact) mass is 357 g/mol. The first-order chi connectivity index (χ1) is 11.0. The summed E-state index contributed by atoms with van der Waals surface area (Å²) in [7, 11) is 0. The lowest BCUT2D eigenvalue weighted by molar-refractivity contribution is 0.0934. The Morgan fingerprint density at radius 1 is 1.17 bits per heavy atom. The van der Waals surface area contributed by atoms with E-state index in [9.17, 15) is 18.0 Å². The molecule has 1 aliphatic rings. The number of hydrogen-bond acceptors (Lipinski definition) is 2. The maximum atomic E-state index is 13.5. The van der Waals surface area contributed by atoms with Gasteiger partial charge >= 0.3 is 0 Å². The van der Waals surface area contributed by atoms with Gasteiger partial charge in [-0.3, -0.25) is 4.79 Å². The van der Waals surface area contributed by atoms with Crippen LogP contribution >= 0.6 is 23.4 Å². The van der Waals surface area contributed by atoms with E-state index in [0.717, 1.165) is 22.8 Å². The summed E-state index contributed by atoms with van der Waals surface area (Å²) in [6.07, 6.45) is 0.605. The Morgan fingerprint density at radius 2 is 1.91 bits per heavy atom. The molecule has 0 saturated heterocycles. The molecule has 0 bridgehead atoms. The third-order valence-corrected chi connectivity index (χ3v) is 5.01. The van der Waals surface area contributed by atoms with Gasteiger partial charge in [-0.25, -0.2) is 13.2 Å². The highest BCUT2D eigenvalue weighted by Crippen LogP contribution is 2.36. The molecule has 1 unspecified atom stereocenters. The van der Waals surface area contributed by atoms with E-state index in [1.807, 2.05) is 0 Å². The van der Waals surface area contributed by atoms with Gasteiger partial charge in [0, 0.05) is 10.6 Å². The summed E-state index contributed by atoms with van der Waals surface area (Å²) in [5, 5.41) is 2.54. The second kappa shape index (κ2) is 6.45. The number of fused-ring (bicyclic) bond motifs is 1. The zero-order valence-corrected chi connectivity index (χ0v) is 13.3. The van der Waals surface area contributed by atoms with E-state index in [1.54, 1.807) is 17.8 Å². The number of carbonyl (C=O) groups excluding carboxylic acids is 1. The lowest BCUT2D eigenvalue weighted by atomic mass is 10.0. The Bertz CT molecular complexity index is 784. The molecule has 2 nitrogen and oxygen atoms in total. The number of hydrogen-bond donors (Lipinski definition) is 1. The Balaban J connectivity index is 1.88. The van der Waals surface area contributed by atoms with E-state index >= 15 is 0 Å². The zero-order valence-electron chi connectivity index (χ0n) is 11.7. The van der Waals surface area contributed by atoms with Gasteiger partial charge in [0.2, 0.25) is 0 Å². The third kappa shape index (κ3) is 3.33. The molecule has 1 N–H and O–H groups in total.